The van der Waals surface area contributed by atoms with Gasteiger partial charge in [0.1, 0.15) is 0 Å². The van der Waals surface area contributed by atoms with Crippen molar-refractivity contribution in [3.05, 3.63) is 30.1 Å². The van der Waals surface area contributed by atoms with E-state index in [0.29, 0.717) is 0 Å². The zero-order valence-corrected chi connectivity index (χ0v) is 8.11. The van der Waals surface area contributed by atoms with Crippen molar-refractivity contribution in [2.75, 3.05) is 6.54 Å². The average molecular weight is 264 g/mol. The van der Waals surface area contributed by atoms with Gasteiger partial charge in [-0.2, -0.15) is 0 Å². The van der Waals surface area contributed by atoms with Gasteiger partial charge in [0.15, 0.2) is 0 Å². The van der Waals surface area contributed by atoms with Crippen LogP contribution in [0.5, 0.6) is 0 Å². The van der Waals surface area contributed by atoms with E-state index in [-0.39, 0.29) is 0 Å². The summed E-state index contributed by atoms with van der Waals surface area (Å²) in [4.78, 5) is 3.97. The molecule has 0 atom stereocenters. The molecule has 0 unspecified atom stereocenters. The molecule has 0 radical (unpaired) electrons. The van der Waals surface area contributed by atoms with Gasteiger partial charge in [-0.3, -0.25) is 8.05 Å². The topological polar surface area (TPSA) is 42.0 Å². The zero-order chi connectivity index (χ0) is 7.94. The Hall–Kier alpha value is -0.360. The van der Waals surface area contributed by atoms with E-state index in [1.54, 1.807) is 6.20 Å². The predicted octanol–water partition coefficient (Wildman–Crippen LogP) is 1.44. The Labute approximate surface area is 76.2 Å². The molecule has 0 amide bonds. The first-order valence-electron chi connectivity index (χ1n) is 3.31. The third-order valence-corrected chi connectivity index (χ3v) is 2.14. The van der Waals surface area contributed by atoms with Gasteiger partial charge in [-0.1, -0.05) is 6.07 Å². The number of nitrogens with zero attached hydrogens (tertiary/aromatic N) is 1. The van der Waals surface area contributed by atoms with Crippen LogP contribution in [0.1, 0.15) is 5.56 Å². The highest BCUT2D eigenvalue weighted by Crippen LogP contribution is 1.96. The number of rotatable bonds is 4. The van der Waals surface area contributed by atoms with Crippen molar-refractivity contribution in [2.45, 2.75) is 6.42 Å². The van der Waals surface area contributed by atoms with Gasteiger partial charge >= 0.3 is 0 Å². The normalized spacial score (nSPS) is 9.82. The smallest absolute Gasteiger partial charge is 0.236 e. The van der Waals surface area contributed by atoms with E-state index in [1.165, 1.54) is 5.56 Å². The second-order valence-electron chi connectivity index (χ2n) is 2.07. The standard InChI is InChI=1S/C7H9IN2O/c11-8-10-5-3-7-2-1-4-9-6-7/h1-2,4,6H,3,5H2,(H,10,11). The fourth-order valence-corrected chi connectivity index (χ4v) is 1.27. The van der Waals surface area contributed by atoms with Crippen molar-refractivity contribution in [2.24, 2.45) is 0 Å². The first-order valence-corrected chi connectivity index (χ1v) is 5.27. The van der Waals surface area contributed by atoms with Gasteiger partial charge in [0.05, 0.1) is 0 Å². The van der Waals surface area contributed by atoms with Gasteiger partial charge in [0.2, 0.25) is 21.5 Å². The van der Waals surface area contributed by atoms with E-state index in [0.717, 1.165) is 13.0 Å². The zero-order valence-electron chi connectivity index (χ0n) is 5.96. The summed E-state index contributed by atoms with van der Waals surface area (Å²) in [6.45, 7) is 0.780. The number of pyridine rings is 1. The molecule has 60 valence electrons. The van der Waals surface area contributed by atoms with Gasteiger partial charge in [-0.15, -0.1) is 0 Å². The lowest BCUT2D eigenvalue weighted by Gasteiger charge is -1.96. The molecule has 4 heteroatoms. The molecule has 0 spiro atoms. The molecule has 0 aromatic carbocycles. The predicted molar refractivity (Wildman–Crippen MR) is 50.7 cm³/mol. The first-order chi connectivity index (χ1) is 5.43. The minimum Gasteiger partial charge on any atom is -0.264 e. The lowest BCUT2D eigenvalue weighted by atomic mass is 10.2. The molecule has 0 aliphatic rings. The van der Waals surface area contributed by atoms with Crippen molar-refractivity contribution >= 4 is 21.5 Å². The molecular formula is C7H9IN2O. The van der Waals surface area contributed by atoms with Crippen molar-refractivity contribution in [1.29, 1.82) is 0 Å². The quantitative estimate of drug-likeness (QED) is 0.508. The summed E-state index contributed by atoms with van der Waals surface area (Å²) in [7, 11) is 0. The summed E-state index contributed by atoms with van der Waals surface area (Å²) in [5, 5.41) is 0. The minimum atomic E-state index is -1.01. The Morgan fingerprint density at radius 2 is 2.55 bits per heavy atom. The van der Waals surface area contributed by atoms with Crippen molar-refractivity contribution in [3.63, 3.8) is 0 Å². The Morgan fingerprint density at radius 1 is 1.64 bits per heavy atom. The van der Waals surface area contributed by atoms with E-state index in [1.807, 2.05) is 18.3 Å². The van der Waals surface area contributed by atoms with Crippen LogP contribution in [0.4, 0.5) is 0 Å². The van der Waals surface area contributed by atoms with Crippen molar-refractivity contribution < 1.29 is 3.07 Å². The summed E-state index contributed by atoms with van der Waals surface area (Å²) in [5.41, 5.74) is 1.18. The molecule has 0 fully saturated rings. The molecule has 0 saturated heterocycles. The van der Waals surface area contributed by atoms with Gasteiger partial charge in [0.25, 0.3) is 0 Å². The summed E-state index contributed by atoms with van der Waals surface area (Å²) >= 11 is -1.01. The van der Waals surface area contributed by atoms with E-state index in [2.05, 4.69) is 8.51 Å². The van der Waals surface area contributed by atoms with Crippen LogP contribution in [-0.4, -0.2) is 11.5 Å². The number of hydrogen-bond acceptors (Lipinski definition) is 2. The highest BCUT2D eigenvalue weighted by Gasteiger charge is 1.89. The lowest BCUT2D eigenvalue weighted by molar-refractivity contribution is 0.645. The molecule has 1 aromatic rings. The molecule has 0 saturated carbocycles. The number of nitrogens with one attached hydrogen (secondary N) is 1. The number of aromatic nitrogens is 1. The molecular weight excluding hydrogens is 255 g/mol. The second-order valence-corrected chi connectivity index (χ2v) is 3.28. The fraction of sp³-hybridized carbons (Fsp3) is 0.286. The number of hydrogen-bond donors (Lipinski definition) is 1. The lowest BCUT2D eigenvalue weighted by Crippen LogP contribution is -2.04. The molecule has 1 N–H and O–H groups in total. The van der Waals surface area contributed by atoms with Crippen LogP contribution in [-0.2, 0) is 9.49 Å². The molecule has 3 nitrogen and oxygen atoms in total. The maximum atomic E-state index is 10.1. The van der Waals surface area contributed by atoms with Crippen molar-refractivity contribution in [1.82, 2.24) is 8.51 Å². The van der Waals surface area contributed by atoms with Crippen LogP contribution in [0.2, 0.25) is 0 Å². The summed E-state index contributed by atoms with van der Waals surface area (Å²) in [6.07, 6.45) is 4.47. The van der Waals surface area contributed by atoms with Crippen LogP contribution < -0.4 is 3.53 Å². The van der Waals surface area contributed by atoms with Crippen LogP contribution in [0.15, 0.2) is 24.5 Å². The molecule has 0 aliphatic heterocycles. The van der Waals surface area contributed by atoms with Gasteiger partial charge in [-0.05, 0) is 18.1 Å². The van der Waals surface area contributed by atoms with Gasteiger partial charge in [-0.25, -0.2) is 3.53 Å². The van der Waals surface area contributed by atoms with Crippen LogP contribution >= 0.6 is 21.5 Å². The molecule has 1 rings (SSSR count). The Morgan fingerprint density at radius 3 is 3.18 bits per heavy atom. The summed E-state index contributed by atoms with van der Waals surface area (Å²) in [5.74, 6) is 0. The highest BCUT2D eigenvalue weighted by molar-refractivity contribution is 14.1. The molecule has 11 heavy (non-hydrogen) atoms. The minimum absolute atomic E-state index is 0.780. The number of halogens is 1. The molecule has 1 aromatic heterocycles. The van der Waals surface area contributed by atoms with E-state index in [4.69, 9.17) is 0 Å². The Bertz CT molecular complexity index is 215. The van der Waals surface area contributed by atoms with E-state index < -0.39 is 21.5 Å². The Balaban J connectivity index is 2.33. The van der Waals surface area contributed by atoms with Crippen LogP contribution in [0, 0.1) is 0 Å². The van der Waals surface area contributed by atoms with Crippen LogP contribution in [0.25, 0.3) is 0 Å². The average Bonchev–Trinajstić information content (AvgIpc) is 2.07. The highest BCUT2D eigenvalue weighted by atomic mass is 127. The summed E-state index contributed by atoms with van der Waals surface area (Å²) < 4.78 is 12.9. The van der Waals surface area contributed by atoms with Gasteiger partial charge < -0.3 is 0 Å². The first kappa shape index (κ1) is 8.73. The largest absolute Gasteiger partial charge is 0.264 e. The molecule has 1 heterocycles. The third kappa shape index (κ3) is 3.52. The molecule has 0 bridgehead atoms. The Kier molecular flexibility index (Phi) is 4.22. The maximum absolute atomic E-state index is 10.1. The van der Waals surface area contributed by atoms with Crippen LogP contribution in [0.3, 0.4) is 0 Å². The van der Waals surface area contributed by atoms with Crippen molar-refractivity contribution in [3.8, 4) is 0 Å². The molecule has 0 aliphatic carbocycles. The fourth-order valence-electron chi connectivity index (χ4n) is 0.776. The SMILES string of the molecule is O=INCCc1cccnc1. The monoisotopic (exact) mass is 264 g/mol. The van der Waals surface area contributed by atoms with E-state index in [9.17, 15) is 3.07 Å². The van der Waals surface area contributed by atoms with E-state index >= 15 is 0 Å². The second kappa shape index (κ2) is 5.31. The maximum Gasteiger partial charge on any atom is 0.236 e. The van der Waals surface area contributed by atoms with Gasteiger partial charge in [0, 0.05) is 18.9 Å². The summed E-state index contributed by atoms with van der Waals surface area (Å²) in [6, 6.07) is 3.92. The third-order valence-electron chi connectivity index (χ3n) is 1.29.